The van der Waals surface area contributed by atoms with Gasteiger partial charge in [0.25, 0.3) is 0 Å². The molecule has 2 rings (SSSR count). The molecule has 1 unspecified atom stereocenters. The maximum atomic E-state index is 9.09. The van der Waals surface area contributed by atoms with E-state index in [1.807, 2.05) is 18.3 Å². The first-order chi connectivity index (χ1) is 9.18. The summed E-state index contributed by atoms with van der Waals surface area (Å²) in [6, 6.07) is 8.31. The molecule has 0 saturated carbocycles. The van der Waals surface area contributed by atoms with Crippen LogP contribution in [0.4, 0.5) is 0 Å². The zero-order valence-corrected chi connectivity index (χ0v) is 11.4. The highest BCUT2D eigenvalue weighted by atomic mass is 16.3. The topological polar surface area (TPSA) is 74.1 Å². The Kier molecular flexibility index (Phi) is 4.96. The van der Waals surface area contributed by atoms with Crippen molar-refractivity contribution in [3.05, 3.63) is 36.0 Å². The number of benzene rings is 1. The third kappa shape index (κ3) is 3.80. The summed E-state index contributed by atoms with van der Waals surface area (Å²) >= 11 is 0. The number of unbranched alkanes of at least 4 members (excludes halogenated alkanes) is 1. The van der Waals surface area contributed by atoms with E-state index in [1.54, 1.807) is 6.92 Å². The van der Waals surface area contributed by atoms with Gasteiger partial charge in [0.2, 0.25) is 0 Å². The fraction of sp³-hybridized carbons (Fsp3) is 0.467. The van der Waals surface area contributed by atoms with Crippen molar-refractivity contribution >= 4 is 10.9 Å². The molecule has 0 bridgehead atoms. The number of nitrogens with two attached hydrogens (primary N) is 1. The first kappa shape index (κ1) is 14.1. The number of hydrogen-bond acceptors (Lipinski definition) is 3. The molecule has 4 nitrogen and oxygen atoms in total. The summed E-state index contributed by atoms with van der Waals surface area (Å²) in [5, 5.41) is 13.3. The molecular weight excluding hydrogens is 238 g/mol. The molecule has 0 aliphatic heterocycles. The van der Waals surface area contributed by atoms with Crippen molar-refractivity contribution in [1.29, 1.82) is 0 Å². The van der Waals surface area contributed by atoms with Crippen LogP contribution in [0.5, 0.6) is 0 Å². The molecule has 104 valence electrons. The number of aliphatic hydroxyl groups is 1. The molecule has 0 spiro atoms. The monoisotopic (exact) mass is 261 g/mol. The molecular formula is C15H23N3O. The van der Waals surface area contributed by atoms with Crippen molar-refractivity contribution in [3.63, 3.8) is 0 Å². The lowest BCUT2D eigenvalue weighted by atomic mass is 10.0. The van der Waals surface area contributed by atoms with E-state index in [-0.39, 0.29) is 6.04 Å². The number of aromatic amines is 1. The number of nitrogens with one attached hydrogen (secondary N) is 2. The number of para-hydroxylation sites is 1. The predicted molar refractivity (Wildman–Crippen MR) is 78.8 cm³/mol. The number of rotatable bonds is 7. The first-order valence-corrected chi connectivity index (χ1v) is 6.91. The summed E-state index contributed by atoms with van der Waals surface area (Å²) in [4.78, 5) is 3.26. The highest BCUT2D eigenvalue weighted by Crippen LogP contribution is 2.25. The van der Waals surface area contributed by atoms with E-state index in [0.717, 1.165) is 31.3 Å². The maximum absolute atomic E-state index is 9.09. The molecule has 0 aliphatic rings. The lowest BCUT2D eigenvalue weighted by Gasteiger charge is -2.11. The standard InChI is InChI=1S/C15H23N3O/c1-11(19)17-9-5-4-7-14(16)13-10-18-15-8-3-2-6-12(13)15/h2-3,6,8,10-11,14,17-19H,4-5,7,9,16H2,1H3/t11?,14-/m1/s1. The summed E-state index contributed by atoms with van der Waals surface area (Å²) in [5.74, 6) is 0. The van der Waals surface area contributed by atoms with Gasteiger partial charge in [-0.05, 0) is 37.9 Å². The number of hydrogen-bond donors (Lipinski definition) is 4. The molecule has 2 aromatic rings. The third-order valence-electron chi connectivity index (χ3n) is 3.40. The van der Waals surface area contributed by atoms with Crippen LogP contribution in [0.15, 0.2) is 30.5 Å². The lowest BCUT2D eigenvalue weighted by Crippen LogP contribution is -2.26. The Hall–Kier alpha value is -1.36. The van der Waals surface area contributed by atoms with Crippen LogP contribution in [0.1, 0.15) is 37.8 Å². The van der Waals surface area contributed by atoms with E-state index in [4.69, 9.17) is 10.8 Å². The maximum Gasteiger partial charge on any atom is 0.102 e. The summed E-state index contributed by atoms with van der Waals surface area (Å²) < 4.78 is 0. The van der Waals surface area contributed by atoms with E-state index in [2.05, 4.69) is 22.4 Å². The molecule has 4 heteroatoms. The van der Waals surface area contributed by atoms with Gasteiger partial charge in [0.05, 0.1) is 0 Å². The minimum atomic E-state index is -0.428. The summed E-state index contributed by atoms with van der Waals surface area (Å²) in [6.07, 6.45) is 4.64. The Labute approximate surface area is 114 Å². The molecule has 2 atom stereocenters. The Balaban J connectivity index is 1.84. The van der Waals surface area contributed by atoms with Gasteiger partial charge in [-0.25, -0.2) is 0 Å². The van der Waals surface area contributed by atoms with Gasteiger partial charge in [-0.3, -0.25) is 5.32 Å². The molecule has 0 radical (unpaired) electrons. The van der Waals surface area contributed by atoms with Crippen molar-refractivity contribution in [3.8, 4) is 0 Å². The Morgan fingerprint density at radius 3 is 2.89 bits per heavy atom. The summed E-state index contributed by atoms with van der Waals surface area (Å²) in [5.41, 5.74) is 8.59. The fourth-order valence-corrected chi connectivity index (χ4v) is 2.36. The fourth-order valence-electron chi connectivity index (χ4n) is 2.36. The van der Waals surface area contributed by atoms with Gasteiger partial charge in [0.15, 0.2) is 0 Å². The SMILES string of the molecule is CC(O)NCCCC[C@@H](N)c1c[nH]c2ccccc12. The number of fused-ring (bicyclic) bond motifs is 1. The van der Waals surface area contributed by atoms with Crippen LogP contribution < -0.4 is 11.1 Å². The Bertz CT molecular complexity index is 507. The average molecular weight is 261 g/mol. The minimum absolute atomic E-state index is 0.0719. The summed E-state index contributed by atoms with van der Waals surface area (Å²) in [6.45, 7) is 2.57. The Morgan fingerprint density at radius 1 is 1.32 bits per heavy atom. The third-order valence-corrected chi connectivity index (χ3v) is 3.40. The molecule has 1 aromatic heterocycles. The highest BCUT2D eigenvalue weighted by molar-refractivity contribution is 5.83. The zero-order chi connectivity index (χ0) is 13.7. The van der Waals surface area contributed by atoms with Crippen molar-refractivity contribution in [2.75, 3.05) is 6.54 Å². The van der Waals surface area contributed by atoms with Crippen molar-refractivity contribution in [1.82, 2.24) is 10.3 Å². The van der Waals surface area contributed by atoms with Crippen LogP contribution in [0.2, 0.25) is 0 Å². The van der Waals surface area contributed by atoms with Crippen LogP contribution >= 0.6 is 0 Å². The summed E-state index contributed by atoms with van der Waals surface area (Å²) in [7, 11) is 0. The van der Waals surface area contributed by atoms with E-state index >= 15 is 0 Å². The van der Waals surface area contributed by atoms with Crippen LogP contribution in [-0.2, 0) is 0 Å². The van der Waals surface area contributed by atoms with Gasteiger partial charge in [0, 0.05) is 23.1 Å². The predicted octanol–water partition coefficient (Wildman–Crippen LogP) is 2.27. The van der Waals surface area contributed by atoms with Gasteiger partial charge in [-0.2, -0.15) is 0 Å². The average Bonchev–Trinajstić information content (AvgIpc) is 2.81. The molecule has 1 heterocycles. The number of aliphatic hydroxyl groups excluding tert-OH is 1. The van der Waals surface area contributed by atoms with Crippen LogP contribution in [-0.4, -0.2) is 22.9 Å². The molecule has 0 saturated heterocycles. The van der Waals surface area contributed by atoms with E-state index in [0.29, 0.717) is 0 Å². The molecule has 5 N–H and O–H groups in total. The molecule has 0 amide bonds. The minimum Gasteiger partial charge on any atom is -0.379 e. The number of aromatic nitrogens is 1. The van der Waals surface area contributed by atoms with Crippen molar-refractivity contribution in [2.45, 2.75) is 38.5 Å². The van der Waals surface area contributed by atoms with Crippen LogP contribution in [0, 0.1) is 0 Å². The van der Waals surface area contributed by atoms with Gasteiger partial charge in [0.1, 0.15) is 6.23 Å². The zero-order valence-electron chi connectivity index (χ0n) is 11.4. The first-order valence-electron chi connectivity index (χ1n) is 6.91. The van der Waals surface area contributed by atoms with Crippen LogP contribution in [0.25, 0.3) is 10.9 Å². The molecule has 0 fully saturated rings. The van der Waals surface area contributed by atoms with Crippen molar-refractivity contribution in [2.24, 2.45) is 5.73 Å². The quantitative estimate of drug-likeness (QED) is 0.456. The van der Waals surface area contributed by atoms with Crippen LogP contribution in [0.3, 0.4) is 0 Å². The normalized spacial score (nSPS) is 14.7. The second kappa shape index (κ2) is 6.70. The molecule has 1 aromatic carbocycles. The molecule has 19 heavy (non-hydrogen) atoms. The van der Waals surface area contributed by atoms with E-state index in [9.17, 15) is 0 Å². The van der Waals surface area contributed by atoms with E-state index < -0.39 is 6.23 Å². The molecule has 0 aliphatic carbocycles. The Morgan fingerprint density at radius 2 is 2.11 bits per heavy atom. The second-order valence-electron chi connectivity index (χ2n) is 5.02. The van der Waals surface area contributed by atoms with Gasteiger partial charge >= 0.3 is 0 Å². The smallest absolute Gasteiger partial charge is 0.102 e. The van der Waals surface area contributed by atoms with Gasteiger partial charge < -0.3 is 15.8 Å². The van der Waals surface area contributed by atoms with Gasteiger partial charge in [-0.15, -0.1) is 0 Å². The second-order valence-corrected chi connectivity index (χ2v) is 5.02. The van der Waals surface area contributed by atoms with E-state index in [1.165, 1.54) is 10.9 Å². The lowest BCUT2D eigenvalue weighted by molar-refractivity contribution is 0.156. The largest absolute Gasteiger partial charge is 0.379 e. The van der Waals surface area contributed by atoms with Crippen molar-refractivity contribution < 1.29 is 5.11 Å². The van der Waals surface area contributed by atoms with Gasteiger partial charge in [-0.1, -0.05) is 24.6 Å². The number of H-pyrrole nitrogens is 1. The highest BCUT2D eigenvalue weighted by Gasteiger charge is 2.10.